The van der Waals surface area contributed by atoms with Gasteiger partial charge in [-0.1, -0.05) is 6.07 Å². The van der Waals surface area contributed by atoms with Gasteiger partial charge in [0.2, 0.25) is 0 Å². The number of hydrogen-bond donors (Lipinski definition) is 0. The van der Waals surface area contributed by atoms with Crippen LogP contribution in [0.4, 0.5) is 4.39 Å². The molecule has 0 saturated carbocycles. The predicted molar refractivity (Wildman–Crippen MR) is 72.5 cm³/mol. The molecule has 0 bridgehead atoms. The Labute approximate surface area is 115 Å². The van der Waals surface area contributed by atoms with Crippen molar-refractivity contribution in [3.05, 3.63) is 54.1 Å². The molecule has 0 spiro atoms. The third-order valence-corrected chi connectivity index (χ3v) is 3.24. The van der Waals surface area contributed by atoms with Crippen LogP contribution in [-0.4, -0.2) is 24.5 Å². The summed E-state index contributed by atoms with van der Waals surface area (Å²) in [4.78, 5) is 4.16. The van der Waals surface area contributed by atoms with Gasteiger partial charge in [0.25, 0.3) is 0 Å². The minimum atomic E-state index is -0.224. The molecule has 0 atom stereocenters. The van der Waals surface area contributed by atoms with E-state index in [1.165, 1.54) is 18.5 Å². The van der Waals surface area contributed by atoms with Gasteiger partial charge in [0.05, 0.1) is 6.20 Å². The van der Waals surface area contributed by atoms with Crippen molar-refractivity contribution in [2.24, 2.45) is 7.05 Å². The Hall–Kier alpha value is -2.50. The quantitative estimate of drug-likeness (QED) is 0.733. The summed E-state index contributed by atoms with van der Waals surface area (Å²) in [5.74, 6) is 0.605. The normalized spacial score (nSPS) is 10.9. The Bertz CT molecular complexity index is 744. The maximum atomic E-state index is 13.1. The molecule has 6 heteroatoms. The molecule has 2 aromatic heterocycles. The van der Waals surface area contributed by atoms with E-state index in [0.717, 1.165) is 22.5 Å². The summed E-state index contributed by atoms with van der Waals surface area (Å²) in [5, 5.41) is 8.34. The number of hydrogen-bond acceptors (Lipinski definition) is 3. The molecule has 0 N–H and O–H groups in total. The van der Waals surface area contributed by atoms with Crippen LogP contribution in [0.3, 0.4) is 0 Å². The van der Waals surface area contributed by atoms with E-state index in [1.54, 1.807) is 21.6 Å². The van der Waals surface area contributed by atoms with Crippen molar-refractivity contribution in [3.63, 3.8) is 0 Å². The lowest BCUT2D eigenvalue weighted by molar-refractivity contribution is 0.608. The number of aromatic nitrogens is 5. The number of nitrogens with zero attached hydrogens (tertiary/aromatic N) is 5. The molecular formula is C14H14FN5. The molecule has 0 fully saturated rings. The van der Waals surface area contributed by atoms with Gasteiger partial charge in [-0.3, -0.25) is 9.36 Å². The van der Waals surface area contributed by atoms with E-state index in [4.69, 9.17) is 0 Å². The highest BCUT2D eigenvalue weighted by atomic mass is 19.1. The van der Waals surface area contributed by atoms with Gasteiger partial charge in [-0.2, -0.15) is 10.2 Å². The van der Waals surface area contributed by atoms with Crippen molar-refractivity contribution in [2.75, 3.05) is 0 Å². The SMILES string of the molecule is Cc1cc(F)ccc1-c1cnn(Cc2ncnn2C)c1. The first kappa shape index (κ1) is 12.5. The maximum absolute atomic E-state index is 13.1. The fourth-order valence-electron chi connectivity index (χ4n) is 2.15. The molecule has 1 aromatic carbocycles. The molecule has 0 aliphatic heterocycles. The molecule has 20 heavy (non-hydrogen) atoms. The monoisotopic (exact) mass is 271 g/mol. The highest BCUT2D eigenvalue weighted by Crippen LogP contribution is 2.23. The van der Waals surface area contributed by atoms with Gasteiger partial charge in [-0.25, -0.2) is 9.37 Å². The minimum Gasteiger partial charge on any atom is -0.264 e. The van der Waals surface area contributed by atoms with Crippen LogP contribution in [-0.2, 0) is 13.6 Å². The van der Waals surface area contributed by atoms with E-state index in [9.17, 15) is 4.39 Å². The lowest BCUT2D eigenvalue weighted by Gasteiger charge is -2.03. The fourth-order valence-corrected chi connectivity index (χ4v) is 2.15. The number of halogens is 1. The number of aryl methyl sites for hydroxylation is 2. The molecule has 0 aliphatic carbocycles. The average molecular weight is 271 g/mol. The van der Waals surface area contributed by atoms with Crippen molar-refractivity contribution in [2.45, 2.75) is 13.5 Å². The Balaban J connectivity index is 1.88. The predicted octanol–water partition coefficient (Wildman–Crippen LogP) is 2.17. The molecule has 2 heterocycles. The van der Waals surface area contributed by atoms with Crippen molar-refractivity contribution in [3.8, 4) is 11.1 Å². The Morgan fingerprint density at radius 2 is 2.10 bits per heavy atom. The average Bonchev–Trinajstić information content (AvgIpc) is 3.00. The van der Waals surface area contributed by atoms with Crippen LogP contribution in [0.25, 0.3) is 11.1 Å². The van der Waals surface area contributed by atoms with E-state index >= 15 is 0 Å². The van der Waals surface area contributed by atoms with E-state index < -0.39 is 0 Å². The van der Waals surface area contributed by atoms with Crippen molar-refractivity contribution in [1.82, 2.24) is 24.5 Å². The topological polar surface area (TPSA) is 48.5 Å². The first-order chi connectivity index (χ1) is 9.63. The van der Waals surface area contributed by atoms with E-state index in [0.29, 0.717) is 6.54 Å². The van der Waals surface area contributed by atoms with Crippen LogP contribution < -0.4 is 0 Å². The zero-order chi connectivity index (χ0) is 14.1. The summed E-state index contributed by atoms with van der Waals surface area (Å²) < 4.78 is 16.6. The first-order valence-corrected chi connectivity index (χ1v) is 6.25. The summed E-state index contributed by atoms with van der Waals surface area (Å²) in [6, 6.07) is 4.76. The van der Waals surface area contributed by atoms with Gasteiger partial charge >= 0.3 is 0 Å². The molecule has 0 radical (unpaired) electrons. The van der Waals surface area contributed by atoms with Gasteiger partial charge in [0, 0.05) is 18.8 Å². The highest BCUT2D eigenvalue weighted by molar-refractivity contribution is 5.65. The van der Waals surface area contributed by atoms with Gasteiger partial charge in [0.1, 0.15) is 24.5 Å². The molecule has 3 aromatic rings. The molecule has 0 aliphatic rings. The van der Waals surface area contributed by atoms with Crippen LogP contribution in [0.2, 0.25) is 0 Å². The molecule has 5 nitrogen and oxygen atoms in total. The molecule has 102 valence electrons. The van der Waals surface area contributed by atoms with Crippen molar-refractivity contribution >= 4 is 0 Å². The van der Waals surface area contributed by atoms with Crippen LogP contribution in [0.1, 0.15) is 11.4 Å². The second-order valence-electron chi connectivity index (χ2n) is 4.69. The van der Waals surface area contributed by atoms with Crippen molar-refractivity contribution < 1.29 is 4.39 Å². The summed E-state index contributed by atoms with van der Waals surface area (Å²) in [6.45, 7) is 2.44. The standard InChI is InChI=1S/C14H14FN5/c1-10-5-12(15)3-4-13(10)11-6-17-20(7-11)8-14-16-9-18-19(14)2/h3-7,9H,8H2,1-2H3. The summed E-state index contributed by atoms with van der Waals surface area (Å²) in [6.07, 6.45) is 5.22. The second-order valence-corrected chi connectivity index (χ2v) is 4.69. The highest BCUT2D eigenvalue weighted by Gasteiger charge is 2.08. The van der Waals surface area contributed by atoms with Gasteiger partial charge < -0.3 is 0 Å². The molecular weight excluding hydrogens is 257 g/mol. The zero-order valence-corrected chi connectivity index (χ0v) is 11.3. The summed E-state index contributed by atoms with van der Waals surface area (Å²) >= 11 is 0. The summed E-state index contributed by atoms with van der Waals surface area (Å²) in [5.41, 5.74) is 2.84. The number of rotatable bonds is 3. The minimum absolute atomic E-state index is 0.224. The third kappa shape index (κ3) is 2.32. The molecule has 0 amide bonds. The van der Waals surface area contributed by atoms with Gasteiger partial charge in [0.15, 0.2) is 0 Å². The first-order valence-electron chi connectivity index (χ1n) is 6.25. The van der Waals surface area contributed by atoms with E-state index in [1.807, 2.05) is 20.2 Å². The molecule has 0 saturated heterocycles. The lowest BCUT2D eigenvalue weighted by atomic mass is 10.0. The van der Waals surface area contributed by atoms with E-state index in [-0.39, 0.29) is 5.82 Å². The zero-order valence-electron chi connectivity index (χ0n) is 11.3. The van der Waals surface area contributed by atoms with Crippen LogP contribution in [0.5, 0.6) is 0 Å². The van der Waals surface area contributed by atoms with Gasteiger partial charge in [-0.15, -0.1) is 0 Å². The third-order valence-electron chi connectivity index (χ3n) is 3.24. The molecule has 0 unspecified atom stereocenters. The number of benzene rings is 1. The largest absolute Gasteiger partial charge is 0.264 e. The van der Waals surface area contributed by atoms with Crippen LogP contribution in [0.15, 0.2) is 36.9 Å². The van der Waals surface area contributed by atoms with E-state index in [2.05, 4.69) is 15.2 Å². The van der Waals surface area contributed by atoms with Crippen LogP contribution >= 0.6 is 0 Å². The Kier molecular flexibility index (Phi) is 3.06. The second kappa shape index (κ2) is 4.88. The molecule has 3 rings (SSSR count). The van der Waals surface area contributed by atoms with Crippen molar-refractivity contribution in [1.29, 1.82) is 0 Å². The lowest BCUT2D eigenvalue weighted by Crippen LogP contribution is -2.06. The Morgan fingerprint density at radius 3 is 2.80 bits per heavy atom. The Morgan fingerprint density at radius 1 is 1.25 bits per heavy atom. The smallest absolute Gasteiger partial charge is 0.148 e. The fraction of sp³-hybridized carbons (Fsp3) is 0.214. The van der Waals surface area contributed by atoms with Gasteiger partial charge in [-0.05, 0) is 30.2 Å². The summed E-state index contributed by atoms with van der Waals surface area (Å²) in [7, 11) is 1.84. The maximum Gasteiger partial charge on any atom is 0.148 e. The van der Waals surface area contributed by atoms with Crippen LogP contribution in [0, 0.1) is 12.7 Å².